The van der Waals surface area contributed by atoms with E-state index in [2.05, 4.69) is 16.7 Å². The van der Waals surface area contributed by atoms with Crippen molar-refractivity contribution in [3.63, 3.8) is 0 Å². The Morgan fingerprint density at radius 2 is 1.89 bits per heavy atom. The lowest BCUT2D eigenvalue weighted by Crippen LogP contribution is -2.53. The first-order chi connectivity index (χ1) is 17.0. The SMILES string of the molecule is C=N/C=C(\C=N/C)c1ccc(O)c2c1C[C@H]1C[C@@H]3C(C(=O)C(C(N)=O)=C(O)[C@H]3N(C)C)C(O)=C1C2=O. The molecule has 0 fully saturated rings. The number of benzene rings is 1. The van der Waals surface area contributed by atoms with Gasteiger partial charge in [0.25, 0.3) is 5.91 Å². The quantitative estimate of drug-likeness (QED) is 0.359. The van der Waals surface area contributed by atoms with Gasteiger partial charge in [0.05, 0.1) is 17.5 Å². The van der Waals surface area contributed by atoms with Crippen molar-refractivity contribution >= 4 is 36.0 Å². The van der Waals surface area contributed by atoms with Gasteiger partial charge in [-0.1, -0.05) is 6.07 Å². The van der Waals surface area contributed by atoms with E-state index < -0.39 is 58.4 Å². The molecule has 188 valence electrons. The molecule has 4 rings (SSSR count). The number of aromatic hydroxyl groups is 1. The van der Waals surface area contributed by atoms with E-state index in [9.17, 15) is 29.7 Å². The van der Waals surface area contributed by atoms with Crippen LogP contribution in [0.1, 0.15) is 27.9 Å². The van der Waals surface area contributed by atoms with Gasteiger partial charge in [-0.2, -0.15) is 0 Å². The largest absolute Gasteiger partial charge is 0.511 e. The number of aliphatic hydroxyl groups is 2. The van der Waals surface area contributed by atoms with Gasteiger partial charge in [0, 0.05) is 30.6 Å². The van der Waals surface area contributed by atoms with Crippen LogP contribution in [0.15, 0.2) is 51.0 Å². The zero-order chi connectivity index (χ0) is 26.5. The van der Waals surface area contributed by atoms with Crippen molar-refractivity contribution in [3.05, 3.63) is 57.7 Å². The molecule has 10 nitrogen and oxygen atoms in total. The third-order valence-electron chi connectivity index (χ3n) is 7.26. The number of nitrogens with zero attached hydrogens (tertiary/aromatic N) is 3. The Labute approximate surface area is 207 Å². The highest BCUT2D eigenvalue weighted by Gasteiger charge is 2.54. The number of rotatable bonds is 5. The van der Waals surface area contributed by atoms with Gasteiger partial charge >= 0.3 is 0 Å². The Balaban J connectivity index is 1.93. The van der Waals surface area contributed by atoms with E-state index in [-0.39, 0.29) is 29.7 Å². The van der Waals surface area contributed by atoms with Crippen LogP contribution in [0.3, 0.4) is 0 Å². The van der Waals surface area contributed by atoms with Crippen molar-refractivity contribution in [1.82, 2.24) is 4.90 Å². The molecule has 0 heterocycles. The molecule has 10 heteroatoms. The zero-order valence-corrected chi connectivity index (χ0v) is 20.2. The number of likely N-dealkylation sites (N-methyl/N-ethyl adjacent to an activating group) is 1. The van der Waals surface area contributed by atoms with Crippen LogP contribution in [0.2, 0.25) is 0 Å². The van der Waals surface area contributed by atoms with Crippen molar-refractivity contribution in [2.75, 3.05) is 21.1 Å². The summed E-state index contributed by atoms with van der Waals surface area (Å²) in [7, 11) is 4.96. The maximum absolute atomic E-state index is 13.7. The fraction of sp³-hybridized carbons (Fsp3) is 0.346. The normalized spacial score (nSPS) is 26.3. The van der Waals surface area contributed by atoms with Crippen LogP contribution in [0, 0.1) is 17.8 Å². The molecule has 36 heavy (non-hydrogen) atoms. The average molecular weight is 493 g/mol. The molecule has 5 N–H and O–H groups in total. The van der Waals surface area contributed by atoms with Gasteiger partial charge in [0.1, 0.15) is 22.8 Å². The molecule has 3 aliphatic carbocycles. The van der Waals surface area contributed by atoms with E-state index in [0.717, 1.165) is 0 Å². The first kappa shape index (κ1) is 25.1. The van der Waals surface area contributed by atoms with Crippen LogP contribution in [0.5, 0.6) is 5.75 Å². The molecular weight excluding hydrogens is 464 g/mol. The van der Waals surface area contributed by atoms with Crippen LogP contribution in [-0.2, 0) is 16.0 Å². The average Bonchev–Trinajstić information content (AvgIpc) is 2.78. The summed E-state index contributed by atoms with van der Waals surface area (Å²) in [6, 6.07) is 2.28. The smallest absolute Gasteiger partial charge is 0.255 e. The summed E-state index contributed by atoms with van der Waals surface area (Å²) in [4.78, 5) is 48.5. The minimum Gasteiger partial charge on any atom is -0.511 e. The molecule has 0 saturated carbocycles. The highest BCUT2D eigenvalue weighted by Crippen LogP contribution is 2.50. The Bertz CT molecular complexity index is 1320. The second kappa shape index (κ2) is 9.19. The lowest BCUT2D eigenvalue weighted by atomic mass is 9.60. The summed E-state index contributed by atoms with van der Waals surface area (Å²) in [5.74, 6) is -5.97. The number of hydrogen-bond donors (Lipinski definition) is 4. The van der Waals surface area contributed by atoms with Gasteiger partial charge in [-0.3, -0.25) is 29.3 Å². The number of hydrogen-bond acceptors (Lipinski definition) is 9. The summed E-state index contributed by atoms with van der Waals surface area (Å²) in [6.07, 6.45) is 3.62. The van der Waals surface area contributed by atoms with Gasteiger partial charge in [-0.05, 0) is 62.7 Å². The molecule has 0 bridgehead atoms. The Kier molecular flexibility index (Phi) is 6.40. The molecule has 0 saturated heterocycles. The van der Waals surface area contributed by atoms with E-state index >= 15 is 0 Å². The number of phenolic OH excluding ortho intramolecular Hbond substituents is 1. The van der Waals surface area contributed by atoms with E-state index in [4.69, 9.17) is 5.73 Å². The first-order valence-electron chi connectivity index (χ1n) is 11.4. The highest BCUT2D eigenvalue weighted by atomic mass is 16.3. The summed E-state index contributed by atoms with van der Waals surface area (Å²) >= 11 is 0. The number of carbonyl (C=O) groups is 3. The molecular formula is C26H28N4O6. The van der Waals surface area contributed by atoms with Crippen molar-refractivity contribution < 1.29 is 29.7 Å². The van der Waals surface area contributed by atoms with Crippen LogP contribution < -0.4 is 5.73 Å². The Hall–Kier alpha value is -4.05. The summed E-state index contributed by atoms with van der Waals surface area (Å²) in [5, 5.41) is 32.8. The molecule has 1 aromatic carbocycles. The van der Waals surface area contributed by atoms with Crippen molar-refractivity contribution in [2.45, 2.75) is 18.9 Å². The molecule has 0 radical (unpaired) electrons. The van der Waals surface area contributed by atoms with E-state index in [1.54, 1.807) is 38.3 Å². The molecule has 0 aliphatic heterocycles. The van der Waals surface area contributed by atoms with Crippen LogP contribution in [0.25, 0.3) is 5.57 Å². The number of primary amides is 1. The minimum absolute atomic E-state index is 0.0313. The molecule has 0 spiro atoms. The number of nitrogens with two attached hydrogens (primary N) is 1. The van der Waals surface area contributed by atoms with Gasteiger partial charge < -0.3 is 21.1 Å². The molecule has 1 amide bonds. The number of Topliss-reactive ketones (excluding diaryl/α,β-unsaturated/α-hetero) is 2. The molecule has 1 aromatic rings. The van der Waals surface area contributed by atoms with Gasteiger partial charge in [-0.15, -0.1) is 0 Å². The van der Waals surface area contributed by atoms with E-state index in [1.165, 1.54) is 12.3 Å². The number of carbonyl (C=O) groups excluding carboxylic acids is 3. The fourth-order valence-corrected chi connectivity index (χ4v) is 5.95. The number of amides is 1. The second-order valence-corrected chi connectivity index (χ2v) is 9.44. The topological polar surface area (TPSA) is 166 Å². The summed E-state index contributed by atoms with van der Waals surface area (Å²) in [5.41, 5.74) is 6.68. The number of allylic oxidation sites excluding steroid dienone is 3. The maximum Gasteiger partial charge on any atom is 0.255 e. The zero-order valence-electron chi connectivity index (χ0n) is 20.2. The number of aliphatic imine (C=N–C) groups is 2. The van der Waals surface area contributed by atoms with Crippen LogP contribution >= 0.6 is 0 Å². The van der Waals surface area contributed by atoms with Crippen molar-refractivity contribution in [1.29, 1.82) is 0 Å². The number of phenols is 1. The molecule has 0 aromatic heterocycles. The number of ketones is 2. The lowest BCUT2D eigenvalue weighted by Gasteiger charge is -2.46. The van der Waals surface area contributed by atoms with Crippen LogP contribution in [-0.4, -0.2) is 77.8 Å². The lowest BCUT2D eigenvalue weighted by molar-refractivity contribution is -0.127. The fourth-order valence-electron chi connectivity index (χ4n) is 5.95. The Morgan fingerprint density at radius 1 is 1.19 bits per heavy atom. The monoisotopic (exact) mass is 492 g/mol. The molecule has 1 unspecified atom stereocenters. The predicted molar refractivity (Wildman–Crippen MR) is 134 cm³/mol. The predicted octanol–water partition coefficient (Wildman–Crippen LogP) is 1.75. The van der Waals surface area contributed by atoms with Crippen LogP contribution in [0.4, 0.5) is 0 Å². The van der Waals surface area contributed by atoms with Gasteiger partial charge in [0.15, 0.2) is 11.6 Å². The maximum atomic E-state index is 13.7. The van der Waals surface area contributed by atoms with Gasteiger partial charge in [0.2, 0.25) is 0 Å². The third-order valence-corrected chi connectivity index (χ3v) is 7.26. The highest BCUT2D eigenvalue weighted by molar-refractivity contribution is 6.22. The minimum atomic E-state index is -1.22. The summed E-state index contributed by atoms with van der Waals surface area (Å²) < 4.78 is 0. The van der Waals surface area contributed by atoms with Crippen molar-refractivity contribution in [3.8, 4) is 5.75 Å². The Morgan fingerprint density at radius 3 is 2.47 bits per heavy atom. The summed E-state index contributed by atoms with van der Waals surface area (Å²) in [6.45, 7) is 3.49. The van der Waals surface area contributed by atoms with E-state index in [0.29, 0.717) is 16.7 Å². The standard InChI is InChI=1S/C26H28N4O6/c1-28-9-12(10-29-2)13-5-6-16(31)18-14(13)7-11-8-15-19(23(33)17(11)22(18)32)24(34)20(26(27)36)25(35)21(15)30(3)4/h5-6,9-11,15,19,21,31,33,35H,1,7-8H2,2-4H3,(H2,27,36)/b12-9+,29-10-/t11-,15+,19?,21-/m0/s1. The number of aliphatic hydroxyl groups excluding tert-OH is 2. The van der Waals surface area contributed by atoms with E-state index in [1.807, 2.05) is 0 Å². The van der Waals surface area contributed by atoms with Gasteiger partial charge in [-0.25, -0.2) is 0 Å². The number of fused-ring (bicyclic) bond motifs is 3. The first-order valence-corrected chi connectivity index (χ1v) is 11.4. The molecule has 4 atom stereocenters. The second-order valence-electron chi connectivity index (χ2n) is 9.44. The van der Waals surface area contributed by atoms with Crippen molar-refractivity contribution in [2.24, 2.45) is 33.5 Å². The molecule has 3 aliphatic rings. The third kappa shape index (κ3) is 3.65.